The Morgan fingerprint density at radius 1 is 1.00 bits per heavy atom. The molecule has 1 aliphatic carbocycles. The fraction of sp³-hybridized carbons (Fsp3) is 0.409. The second-order valence-electron chi connectivity index (χ2n) is 7.07. The van der Waals surface area contributed by atoms with Crippen LogP contribution in [0.15, 0.2) is 54.6 Å². The highest BCUT2D eigenvalue weighted by Crippen LogP contribution is 2.40. The van der Waals surface area contributed by atoms with Crippen molar-refractivity contribution in [1.29, 1.82) is 0 Å². The minimum atomic E-state index is 0.0262. The smallest absolute Gasteiger partial charge is 0.257 e. The van der Waals surface area contributed by atoms with E-state index in [0.29, 0.717) is 11.3 Å². The van der Waals surface area contributed by atoms with E-state index in [1.165, 1.54) is 24.8 Å². The Kier molecular flexibility index (Phi) is 5.42. The van der Waals surface area contributed by atoms with Crippen molar-refractivity contribution in [1.82, 2.24) is 4.90 Å². The molecule has 25 heavy (non-hydrogen) atoms. The molecule has 2 aromatic carbocycles. The number of carbonyl (C=O) groups excluding carboxylic acids is 1. The number of rotatable bonds is 5. The molecule has 1 fully saturated rings. The third kappa shape index (κ3) is 3.71. The summed E-state index contributed by atoms with van der Waals surface area (Å²) in [4.78, 5) is 14.9. The van der Waals surface area contributed by atoms with Gasteiger partial charge >= 0.3 is 0 Å². The fourth-order valence-corrected chi connectivity index (χ4v) is 4.11. The van der Waals surface area contributed by atoms with Crippen LogP contribution in [0.4, 0.5) is 0 Å². The molecule has 1 aliphatic rings. The predicted octanol–water partition coefficient (Wildman–Crippen LogP) is 4.67. The van der Waals surface area contributed by atoms with Gasteiger partial charge in [-0.1, -0.05) is 61.7 Å². The van der Waals surface area contributed by atoms with Gasteiger partial charge in [0.15, 0.2) is 0 Å². The second kappa shape index (κ2) is 7.73. The van der Waals surface area contributed by atoms with Crippen molar-refractivity contribution in [2.45, 2.75) is 37.5 Å². The number of nitrogens with zero attached hydrogens (tertiary/aromatic N) is 1. The number of hydrogen-bond donors (Lipinski definition) is 0. The largest absolute Gasteiger partial charge is 0.496 e. The molecule has 0 unspecified atom stereocenters. The van der Waals surface area contributed by atoms with E-state index in [1.54, 1.807) is 7.11 Å². The van der Waals surface area contributed by atoms with Gasteiger partial charge in [-0.05, 0) is 30.5 Å². The van der Waals surface area contributed by atoms with Crippen LogP contribution in [0.3, 0.4) is 0 Å². The molecule has 3 rings (SSSR count). The van der Waals surface area contributed by atoms with Gasteiger partial charge in [0.05, 0.1) is 12.7 Å². The first-order chi connectivity index (χ1) is 12.2. The Morgan fingerprint density at radius 3 is 2.32 bits per heavy atom. The molecule has 1 amide bonds. The Bertz CT molecular complexity index is 705. The standard InChI is InChI=1S/C22H27NO2/c1-23(21(24)19-13-7-8-14-20(19)25-2)17-22(15-9-4-10-16-22)18-11-5-3-6-12-18/h3,5-8,11-14H,4,9-10,15-17H2,1-2H3. The molecular weight excluding hydrogens is 310 g/mol. The zero-order chi connectivity index (χ0) is 17.7. The topological polar surface area (TPSA) is 29.5 Å². The van der Waals surface area contributed by atoms with E-state index in [-0.39, 0.29) is 11.3 Å². The van der Waals surface area contributed by atoms with Crippen molar-refractivity contribution in [3.63, 3.8) is 0 Å². The fourth-order valence-electron chi connectivity index (χ4n) is 4.11. The first-order valence-electron chi connectivity index (χ1n) is 9.10. The summed E-state index contributed by atoms with van der Waals surface area (Å²) in [7, 11) is 3.52. The van der Waals surface area contributed by atoms with E-state index >= 15 is 0 Å². The number of likely N-dealkylation sites (N-methyl/N-ethyl adjacent to an activating group) is 1. The lowest BCUT2D eigenvalue weighted by Crippen LogP contribution is -2.43. The van der Waals surface area contributed by atoms with Gasteiger partial charge in [0.2, 0.25) is 0 Å². The van der Waals surface area contributed by atoms with Gasteiger partial charge in [0, 0.05) is 19.0 Å². The molecule has 0 aliphatic heterocycles. The van der Waals surface area contributed by atoms with Crippen LogP contribution in [-0.4, -0.2) is 31.5 Å². The van der Waals surface area contributed by atoms with Crippen molar-refractivity contribution < 1.29 is 9.53 Å². The monoisotopic (exact) mass is 337 g/mol. The third-order valence-electron chi connectivity index (χ3n) is 5.42. The molecule has 0 saturated heterocycles. The zero-order valence-electron chi connectivity index (χ0n) is 15.2. The Hall–Kier alpha value is -2.29. The average Bonchev–Trinajstić information content (AvgIpc) is 2.68. The lowest BCUT2D eigenvalue weighted by Gasteiger charge is -2.40. The quantitative estimate of drug-likeness (QED) is 0.793. The van der Waals surface area contributed by atoms with Crippen LogP contribution in [0.1, 0.15) is 48.0 Å². The van der Waals surface area contributed by atoms with Gasteiger partial charge in [-0.25, -0.2) is 0 Å². The van der Waals surface area contributed by atoms with E-state index in [2.05, 4.69) is 30.3 Å². The van der Waals surface area contributed by atoms with E-state index in [9.17, 15) is 4.79 Å². The average molecular weight is 337 g/mol. The number of amides is 1. The highest BCUT2D eigenvalue weighted by Gasteiger charge is 2.36. The molecule has 3 heteroatoms. The summed E-state index contributed by atoms with van der Waals surface area (Å²) in [6, 6.07) is 18.2. The summed E-state index contributed by atoms with van der Waals surface area (Å²) in [6.45, 7) is 0.744. The molecule has 0 aromatic heterocycles. The summed E-state index contributed by atoms with van der Waals surface area (Å²) >= 11 is 0. The minimum Gasteiger partial charge on any atom is -0.496 e. The van der Waals surface area contributed by atoms with E-state index < -0.39 is 0 Å². The molecule has 0 atom stereocenters. The number of benzene rings is 2. The Morgan fingerprint density at radius 2 is 1.64 bits per heavy atom. The second-order valence-corrected chi connectivity index (χ2v) is 7.07. The lowest BCUT2D eigenvalue weighted by atomic mass is 9.69. The molecule has 132 valence electrons. The maximum absolute atomic E-state index is 13.0. The van der Waals surface area contributed by atoms with Crippen molar-refractivity contribution in [2.75, 3.05) is 20.7 Å². The van der Waals surface area contributed by atoms with E-state index in [0.717, 1.165) is 19.4 Å². The molecule has 0 bridgehead atoms. The zero-order valence-corrected chi connectivity index (χ0v) is 15.2. The SMILES string of the molecule is COc1ccccc1C(=O)N(C)CC1(c2ccccc2)CCCCC1. The van der Waals surface area contributed by atoms with Gasteiger partial charge < -0.3 is 9.64 Å². The number of hydrogen-bond acceptors (Lipinski definition) is 2. The molecule has 1 saturated carbocycles. The Labute approximate surface area is 150 Å². The molecule has 2 aromatic rings. The molecule has 3 nitrogen and oxygen atoms in total. The van der Waals surface area contributed by atoms with Crippen LogP contribution in [0.25, 0.3) is 0 Å². The van der Waals surface area contributed by atoms with E-state index in [1.807, 2.05) is 36.2 Å². The van der Waals surface area contributed by atoms with Crippen LogP contribution < -0.4 is 4.74 Å². The number of carbonyl (C=O) groups is 1. The predicted molar refractivity (Wildman–Crippen MR) is 101 cm³/mol. The van der Waals surface area contributed by atoms with Crippen LogP contribution in [0.5, 0.6) is 5.75 Å². The summed E-state index contributed by atoms with van der Waals surface area (Å²) in [5.74, 6) is 0.662. The van der Waals surface area contributed by atoms with Gasteiger partial charge in [0.1, 0.15) is 5.75 Å². The van der Waals surface area contributed by atoms with Crippen LogP contribution in [0, 0.1) is 0 Å². The van der Waals surface area contributed by atoms with Crippen molar-refractivity contribution >= 4 is 5.91 Å². The van der Waals surface area contributed by atoms with Gasteiger partial charge in [-0.15, -0.1) is 0 Å². The summed E-state index contributed by atoms with van der Waals surface area (Å²) in [6.07, 6.45) is 6.02. The van der Waals surface area contributed by atoms with Gasteiger partial charge in [-0.3, -0.25) is 4.79 Å². The van der Waals surface area contributed by atoms with Crippen LogP contribution in [-0.2, 0) is 5.41 Å². The van der Waals surface area contributed by atoms with Crippen molar-refractivity contribution in [3.05, 3.63) is 65.7 Å². The molecule has 0 heterocycles. The van der Waals surface area contributed by atoms with Crippen molar-refractivity contribution in [3.8, 4) is 5.75 Å². The first-order valence-corrected chi connectivity index (χ1v) is 9.10. The third-order valence-corrected chi connectivity index (χ3v) is 5.42. The Balaban J connectivity index is 1.85. The van der Waals surface area contributed by atoms with Gasteiger partial charge in [-0.2, -0.15) is 0 Å². The van der Waals surface area contributed by atoms with Crippen LogP contribution in [0.2, 0.25) is 0 Å². The molecule has 0 spiro atoms. The number of ether oxygens (including phenoxy) is 1. The summed E-state index contributed by atoms with van der Waals surface area (Å²) < 4.78 is 5.37. The maximum Gasteiger partial charge on any atom is 0.257 e. The lowest BCUT2D eigenvalue weighted by molar-refractivity contribution is 0.0734. The van der Waals surface area contributed by atoms with Gasteiger partial charge in [0.25, 0.3) is 5.91 Å². The number of para-hydroxylation sites is 1. The molecule has 0 N–H and O–H groups in total. The summed E-state index contributed by atoms with van der Waals surface area (Å²) in [5, 5.41) is 0. The maximum atomic E-state index is 13.0. The van der Waals surface area contributed by atoms with Crippen LogP contribution >= 0.6 is 0 Å². The highest BCUT2D eigenvalue weighted by atomic mass is 16.5. The number of methoxy groups -OCH3 is 1. The first kappa shape index (κ1) is 17.5. The normalized spacial score (nSPS) is 16.2. The summed E-state index contributed by atoms with van der Waals surface area (Å²) in [5.41, 5.74) is 2.05. The molecule has 0 radical (unpaired) electrons. The van der Waals surface area contributed by atoms with Crippen molar-refractivity contribution in [2.24, 2.45) is 0 Å². The van der Waals surface area contributed by atoms with E-state index in [4.69, 9.17) is 4.74 Å². The highest BCUT2D eigenvalue weighted by molar-refractivity contribution is 5.96. The minimum absolute atomic E-state index is 0.0262. The molecular formula is C22H27NO2.